The molecule has 0 spiro atoms. The Hall–Kier alpha value is -3.15. The van der Waals surface area contributed by atoms with Crippen LogP contribution in [0.2, 0.25) is 0 Å². The van der Waals surface area contributed by atoms with Crippen molar-refractivity contribution < 1.29 is 0 Å². The van der Waals surface area contributed by atoms with Crippen LogP contribution in [0, 0.1) is 6.92 Å². The van der Waals surface area contributed by atoms with Crippen LogP contribution in [0.1, 0.15) is 11.3 Å². The minimum absolute atomic E-state index is 0.815. The molecule has 144 valence electrons. The summed E-state index contributed by atoms with van der Waals surface area (Å²) in [4.78, 5) is 20.8. The number of hydrogen-bond acceptors (Lipinski definition) is 6. The summed E-state index contributed by atoms with van der Waals surface area (Å²) in [5.41, 5.74) is 2.26. The number of benzene rings is 1. The topological polar surface area (TPSA) is 48.4 Å². The van der Waals surface area contributed by atoms with Crippen LogP contribution in [0.3, 0.4) is 0 Å². The van der Waals surface area contributed by atoms with E-state index < -0.39 is 0 Å². The summed E-state index contributed by atoms with van der Waals surface area (Å²) in [5.74, 6) is 2.81. The van der Waals surface area contributed by atoms with Crippen molar-refractivity contribution in [3.05, 3.63) is 72.1 Å². The average Bonchev–Trinajstić information content (AvgIpc) is 2.75. The Labute approximate surface area is 166 Å². The van der Waals surface area contributed by atoms with Gasteiger partial charge in [0.15, 0.2) is 0 Å². The van der Waals surface area contributed by atoms with Gasteiger partial charge in [-0.05, 0) is 24.6 Å². The smallest absolute Gasteiger partial charge is 0.227 e. The first-order valence-corrected chi connectivity index (χ1v) is 9.71. The summed E-state index contributed by atoms with van der Waals surface area (Å²) in [7, 11) is 2.08. The van der Waals surface area contributed by atoms with Crippen molar-refractivity contribution in [1.82, 2.24) is 15.0 Å². The second-order valence-corrected chi connectivity index (χ2v) is 7.17. The molecule has 1 aliphatic heterocycles. The van der Waals surface area contributed by atoms with Gasteiger partial charge in [-0.15, -0.1) is 0 Å². The van der Waals surface area contributed by atoms with E-state index in [1.165, 1.54) is 5.56 Å². The standard InChI is InChI=1S/C22H26N6/c1-18-16-21(26(2)17-19-8-4-3-5-9-19)25-22(24-18)28-14-12-27(13-15-28)20-10-6-7-11-23-20/h3-11,16H,12-15,17H2,1-2H3. The SMILES string of the molecule is Cc1cc(N(C)Cc2ccccc2)nc(N2CCN(c3ccccn3)CC2)n1. The lowest BCUT2D eigenvalue weighted by atomic mass is 10.2. The lowest BCUT2D eigenvalue weighted by molar-refractivity contribution is 0.633. The number of aryl methyl sites for hydroxylation is 1. The van der Waals surface area contributed by atoms with Gasteiger partial charge in [0.1, 0.15) is 11.6 Å². The van der Waals surface area contributed by atoms with Crippen LogP contribution in [-0.2, 0) is 6.54 Å². The Balaban J connectivity index is 1.45. The Bertz CT molecular complexity index is 891. The highest BCUT2D eigenvalue weighted by molar-refractivity contribution is 5.48. The van der Waals surface area contributed by atoms with Crippen molar-refractivity contribution in [2.24, 2.45) is 0 Å². The van der Waals surface area contributed by atoms with E-state index in [9.17, 15) is 0 Å². The van der Waals surface area contributed by atoms with Crippen molar-refractivity contribution in [2.75, 3.05) is 47.9 Å². The minimum Gasteiger partial charge on any atom is -0.355 e. The predicted molar refractivity (Wildman–Crippen MR) is 114 cm³/mol. The Morgan fingerprint density at radius 3 is 2.32 bits per heavy atom. The quantitative estimate of drug-likeness (QED) is 0.684. The molecule has 0 atom stereocenters. The highest BCUT2D eigenvalue weighted by Gasteiger charge is 2.21. The molecule has 1 aliphatic rings. The second-order valence-electron chi connectivity index (χ2n) is 7.17. The zero-order chi connectivity index (χ0) is 19.3. The Morgan fingerprint density at radius 1 is 0.893 bits per heavy atom. The highest BCUT2D eigenvalue weighted by Crippen LogP contribution is 2.20. The fourth-order valence-electron chi connectivity index (χ4n) is 3.49. The van der Waals surface area contributed by atoms with Crippen molar-refractivity contribution in [3.8, 4) is 0 Å². The number of hydrogen-bond donors (Lipinski definition) is 0. The van der Waals surface area contributed by atoms with Gasteiger partial charge >= 0.3 is 0 Å². The predicted octanol–water partition coefficient (Wildman–Crippen LogP) is 3.14. The van der Waals surface area contributed by atoms with Crippen LogP contribution >= 0.6 is 0 Å². The van der Waals surface area contributed by atoms with E-state index in [-0.39, 0.29) is 0 Å². The molecular weight excluding hydrogens is 348 g/mol. The molecule has 6 heteroatoms. The normalized spacial score (nSPS) is 14.2. The largest absolute Gasteiger partial charge is 0.355 e. The van der Waals surface area contributed by atoms with Crippen LogP contribution in [0.25, 0.3) is 0 Å². The van der Waals surface area contributed by atoms with Crippen molar-refractivity contribution in [1.29, 1.82) is 0 Å². The van der Waals surface area contributed by atoms with Crippen molar-refractivity contribution in [3.63, 3.8) is 0 Å². The van der Waals surface area contributed by atoms with Gasteiger partial charge < -0.3 is 14.7 Å². The maximum absolute atomic E-state index is 4.86. The third kappa shape index (κ3) is 4.22. The van der Waals surface area contributed by atoms with Crippen LogP contribution in [0.4, 0.5) is 17.6 Å². The van der Waals surface area contributed by atoms with Gasteiger partial charge in [0.05, 0.1) is 0 Å². The molecular formula is C22H26N6. The molecule has 2 aromatic heterocycles. The number of rotatable bonds is 5. The summed E-state index contributed by atoms with van der Waals surface area (Å²) < 4.78 is 0. The maximum Gasteiger partial charge on any atom is 0.227 e. The van der Waals surface area contributed by atoms with E-state index in [1.807, 2.05) is 31.3 Å². The molecule has 0 radical (unpaired) electrons. The average molecular weight is 374 g/mol. The maximum atomic E-state index is 4.86. The number of aromatic nitrogens is 3. The van der Waals surface area contributed by atoms with Crippen LogP contribution in [0.5, 0.6) is 0 Å². The molecule has 0 aliphatic carbocycles. The molecule has 6 nitrogen and oxygen atoms in total. The van der Waals surface area contributed by atoms with Gasteiger partial charge in [-0.1, -0.05) is 36.4 Å². The molecule has 0 N–H and O–H groups in total. The number of anilines is 3. The molecule has 3 heterocycles. The molecule has 0 unspecified atom stereocenters. The molecule has 0 amide bonds. The fourth-order valence-corrected chi connectivity index (χ4v) is 3.49. The lowest BCUT2D eigenvalue weighted by Crippen LogP contribution is -2.47. The molecule has 4 rings (SSSR count). The summed E-state index contributed by atoms with van der Waals surface area (Å²) >= 11 is 0. The minimum atomic E-state index is 0.815. The fraction of sp³-hybridized carbons (Fsp3) is 0.318. The summed E-state index contributed by atoms with van der Waals surface area (Å²) in [6.45, 7) is 6.48. The van der Waals surface area contributed by atoms with Crippen LogP contribution in [-0.4, -0.2) is 48.2 Å². The highest BCUT2D eigenvalue weighted by atomic mass is 15.3. The van der Waals surface area contributed by atoms with E-state index in [4.69, 9.17) is 9.97 Å². The zero-order valence-electron chi connectivity index (χ0n) is 16.5. The Morgan fingerprint density at radius 2 is 1.61 bits per heavy atom. The monoisotopic (exact) mass is 374 g/mol. The number of piperazine rings is 1. The summed E-state index contributed by atoms with van der Waals surface area (Å²) in [6, 6.07) is 18.6. The van der Waals surface area contributed by atoms with E-state index in [2.05, 4.69) is 63.1 Å². The van der Waals surface area contributed by atoms with Gasteiger partial charge in [0, 0.05) is 57.7 Å². The molecule has 28 heavy (non-hydrogen) atoms. The number of pyridine rings is 1. The molecule has 1 aromatic carbocycles. The van der Waals surface area contributed by atoms with Gasteiger partial charge in [-0.25, -0.2) is 9.97 Å². The number of nitrogens with zero attached hydrogens (tertiary/aromatic N) is 6. The summed E-state index contributed by atoms with van der Waals surface area (Å²) in [5, 5.41) is 0. The molecule has 0 saturated carbocycles. The van der Waals surface area contributed by atoms with Crippen LogP contribution in [0.15, 0.2) is 60.8 Å². The molecule has 1 fully saturated rings. The van der Waals surface area contributed by atoms with Crippen LogP contribution < -0.4 is 14.7 Å². The first-order chi connectivity index (χ1) is 13.7. The molecule has 3 aromatic rings. The molecule has 1 saturated heterocycles. The molecule has 0 bridgehead atoms. The van der Waals surface area contributed by atoms with Gasteiger partial charge in [-0.3, -0.25) is 0 Å². The zero-order valence-corrected chi connectivity index (χ0v) is 16.5. The third-order valence-corrected chi connectivity index (χ3v) is 5.02. The second kappa shape index (κ2) is 8.25. The van der Waals surface area contributed by atoms with Gasteiger partial charge in [0.2, 0.25) is 5.95 Å². The van der Waals surface area contributed by atoms with E-state index in [0.29, 0.717) is 0 Å². The first kappa shape index (κ1) is 18.2. The summed E-state index contributed by atoms with van der Waals surface area (Å²) in [6.07, 6.45) is 1.85. The lowest BCUT2D eigenvalue weighted by Gasteiger charge is -2.35. The van der Waals surface area contributed by atoms with Crippen molar-refractivity contribution >= 4 is 17.6 Å². The third-order valence-electron chi connectivity index (χ3n) is 5.02. The van der Waals surface area contributed by atoms with Gasteiger partial charge in [-0.2, -0.15) is 4.98 Å². The van der Waals surface area contributed by atoms with Crippen molar-refractivity contribution in [2.45, 2.75) is 13.5 Å². The first-order valence-electron chi connectivity index (χ1n) is 9.71. The van der Waals surface area contributed by atoms with Gasteiger partial charge in [0.25, 0.3) is 0 Å². The van der Waals surface area contributed by atoms with E-state index in [0.717, 1.165) is 56.0 Å². The van der Waals surface area contributed by atoms with E-state index in [1.54, 1.807) is 0 Å². The van der Waals surface area contributed by atoms with E-state index >= 15 is 0 Å². The Kier molecular flexibility index (Phi) is 5.37.